The second kappa shape index (κ2) is 9.30. The van der Waals surface area contributed by atoms with Gasteiger partial charge in [0.15, 0.2) is 5.65 Å². The first-order valence-electron chi connectivity index (χ1n) is 12.0. The standard InChI is InChI=1S/C28H31FN4O2/c1-19(21-6-5-7-22(29)16-21)35-27-13-12-26-30-17-25(33(26)31-27)20-8-10-24(11-9-20)34-18-23-14-15-32(23)28(2,3)4/h5-13,16-17,19,23H,14-15,18H2,1-4H3/t19-,23+/m1/s1. The number of nitrogens with zero attached hydrogens (tertiary/aromatic N) is 4. The lowest BCUT2D eigenvalue weighted by Gasteiger charge is -2.49. The van der Waals surface area contributed by atoms with Crippen molar-refractivity contribution in [3.8, 4) is 22.9 Å². The fourth-order valence-corrected chi connectivity index (χ4v) is 4.54. The summed E-state index contributed by atoms with van der Waals surface area (Å²) in [7, 11) is 0. The molecule has 0 spiro atoms. The molecule has 0 saturated carbocycles. The molecule has 4 aromatic rings. The van der Waals surface area contributed by atoms with Gasteiger partial charge in [0.05, 0.1) is 11.9 Å². The van der Waals surface area contributed by atoms with Gasteiger partial charge in [-0.2, -0.15) is 0 Å². The Bertz CT molecular complexity index is 1310. The third-order valence-electron chi connectivity index (χ3n) is 6.55. The van der Waals surface area contributed by atoms with Crippen LogP contribution in [0.15, 0.2) is 66.9 Å². The van der Waals surface area contributed by atoms with Crippen LogP contribution in [0.5, 0.6) is 11.6 Å². The quantitative estimate of drug-likeness (QED) is 0.332. The maximum Gasteiger partial charge on any atom is 0.232 e. The van der Waals surface area contributed by atoms with E-state index in [9.17, 15) is 4.39 Å². The predicted octanol–water partition coefficient (Wildman–Crippen LogP) is 5.93. The second-order valence-corrected chi connectivity index (χ2v) is 10.0. The van der Waals surface area contributed by atoms with Gasteiger partial charge in [0.25, 0.3) is 0 Å². The molecular weight excluding hydrogens is 443 g/mol. The van der Waals surface area contributed by atoms with E-state index in [1.54, 1.807) is 22.8 Å². The molecule has 35 heavy (non-hydrogen) atoms. The van der Waals surface area contributed by atoms with Crippen molar-refractivity contribution in [2.75, 3.05) is 13.2 Å². The van der Waals surface area contributed by atoms with Crippen molar-refractivity contribution in [2.45, 2.75) is 51.8 Å². The zero-order valence-corrected chi connectivity index (χ0v) is 20.6. The van der Waals surface area contributed by atoms with Crippen LogP contribution in [0.1, 0.15) is 45.8 Å². The van der Waals surface area contributed by atoms with Crippen LogP contribution in [0.25, 0.3) is 16.9 Å². The van der Waals surface area contributed by atoms with Crippen molar-refractivity contribution < 1.29 is 13.9 Å². The lowest BCUT2D eigenvalue weighted by Crippen LogP contribution is -2.59. The largest absolute Gasteiger partial charge is 0.492 e. The molecule has 0 aliphatic carbocycles. The van der Waals surface area contributed by atoms with E-state index in [-0.39, 0.29) is 17.5 Å². The minimum absolute atomic E-state index is 0.170. The number of rotatable bonds is 7. The molecule has 1 aliphatic rings. The highest BCUT2D eigenvalue weighted by Gasteiger charge is 2.36. The smallest absolute Gasteiger partial charge is 0.232 e. The Morgan fingerprint density at radius 1 is 1.09 bits per heavy atom. The highest BCUT2D eigenvalue weighted by atomic mass is 19.1. The molecule has 2 atom stereocenters. The van der Waals surface area contributed by atoms with Gasteiger partial charge in [-0.15, -0.1) is 5.10 Å². The summed E-state index contributed by atoms with van der Waals surface area (Å²) >= 11 is 0. The molecule has 5 rings (SSSR count). The van der Waals surface area contributed by atoms with Crippen LogP contribution in [0, 0.1) is 5.82 Å². The predicted molar refractivity (Wildman–Crippen MR) is 134 cm³/mol. The van der Waals surface area contributed by atoms with Crippen LogP contribution < -0.4 is 9.47 Å². The molecule has 6 nitrogen and oxygen atoms in total. The Balaban J connectivity index is 1.29. The van der Waals surface area contributed by atoms with Crippen LogP contribution in [0.2, 0.25) is 0 Å². The number of halogens is 1. The Kier molecular flexibility index (Phi) is 6.19. The number of fused-ring (bicyclic) bond motifs is 1. The summed E-state index contributed by atoms with van der Waals surface area (Å²) < 4.78 is 27.4. The van der Waals surface area contributed by atoms with Gasteiger partial charge in [0, 0.05) is 29.8 Å². The van der Waals surface area contributed by atoms with E-state index in [2.05, 4.69) is 35.8 Å². The van der Waals surface area contributed by atoms with Gasteiger partial charge in [-0.1, -0.05) is 12.1 Å². The normalized spacial score (nSPS) is 17.2. The minimum Gasteiger partial charge on any atom is -0.492 e. The van der Waals surface area contributed by atoms with Gasteiger partial charge in [-0.25, -0.2) is 13.9 Å². The van der Waals surface area contributed by atoms with Gasteiger partial charge in [-0.3, -0.25) is 4.90 Å². The molecule has 0 unspecified atom stereocenters. The maximum absolute atomic E-state index is 13.6. The molecule has 182 valence electrons. The monoisotopic (exact) mass is 474 g/mol. The molecule has 0 bridgehead atoms. The first-order valence-corrected chi connectivity index (χ1v) is 12.0. The van der Waals surface area contributed by atoms with E-state index in [1.165, 1.54) is 18.6 Å². The summed E-state index contributed by atoms with van der Waals surface area (Å²) in [5, 5.41) is 4.63. The third kappa shape index (κ3) is 5.00. The van der Waals surface area contributed by atoms with Crippen molar-refractivity contribution >= 4 is 5.65 Å². The van der Waals surface area contributed by atoms with Crippen LogP contribution >= 0.6 is 0 Å². The summed E-state index contributed by atoms with van der Waals surface area (Å²) in [5.41, 5.74) is 3.48. The van der Waals surface area contributed by atoms with E-state index in [0.29, 0.717) is 18.5 Å². The van der Waals surface area contributed by atoms with E-state index >= 15 is 0 Å². The number of benzene rings is 2. The Hall–Kier alpha value is -3.45. The Morgan fingerprint density at radius 2 is 1.89 bits per heavy atom. The summed E-state index contributed by atoms with van der Waals surface area (Å²) in [6, 6.07) is 18.5. The van der Waals surface area contributed by atoms with E-state index in [0.717, 1.165) is 34.8 Å². The molecule has 2 aromatic carbocycles. The fourth-order valence-electron chi connectivity index (χ4n) is 4.54. The Morgan fingerprint density at radius 3 is 2.57 bits per heavy atom. The molecule has 1 saturated heterocycles. The lowest BCUT2D eigenvalue weighted by molar-refractivity contribution is -0.0208. The van der Waals surface area contributed by atoms with Crippen molar-refractivity contribution in [1.82, 2.24) is 19.5 Å². The zero-order chi connectivity index (χ0) is 24.6. The van der Waals surface area contributed by atoms with E-state index in [1.807, 2.05) is 43.3 Å². The number of hydrogen-bond donors (Lipinski definition) is 0. The highest BCUT2D eigenvalue weighted by Crippen LogP contribution is 2.29. The fraction of sp³-hybridized carbons (Fsp3) is 0.357. The van der Waals surface area contributed by atoms with Gasteiger partial charge in [0.1, 0.15) is 24.3 Å². The van der Waals surface area contributed by atoms with E-state index < -0.39 is 0 Å². The summed E-state index contributed by atoms with van der Waals surface area (Å²) in [6.07, 6.45) is 2.63. The van der Waals surface area contributed by atoms with Gasteiger partial charge >= 0.3 is 0 Å². The molecule has 0 amide bonds. The second-order valence-electron chi connectivity index (χ2n) is 10.0. The molecule has 0 N–H and O–H groups in total. The number of ether oxygens (including phenoxy) is 2. The van der Waals surface area contributed by atoms with Crippen molar-refractivity contribution in [1.29, 1.82) is 0 Å². The van der Waals surface area contributed by atoms with Gasteiger partial charge in [0.2, 0.25) is 5.88 Å². The third-order valence-corrected chi connectivity index (χ3v) is 6.55. The summed E-state index contributed by atoms with van der Waals surface area (Å²) in [6.45, 7) is 10.4. The van der Waals surface area contributed by atoms with Crippen molar-refractivity contribution in [3.05, 3.63) is 78.2 Å². The van der Waals surface area contributed by atoms with Crippen LogP contribution in [-0.4, -0.2) is 44.2 Å². The average molecular weight is 475 g/mol. The number of aromatic nitrogens is 3. The van der Waals surface area contributed by atoms with E-state index in [4.69, 9.17) is 9.47 Å². The SMILES string of the molecule is C[C@@H](Oc1ccc2ncc(-c3ccc(OC[C@@H]4CCN4C(C)(C)C)cc3)n2n1)c1cccc(F)c1. The Labute approximate surface area is 205 Å². The van der Waals surface area contributed by atoms with Crippen molar-refractivity contribution in [2.24, 2.45) is 0 Å². The minimum atomic E-state index is -0.344. The summed E-state index contributed by atoms with van der Waals surface area (Å²) in [5.74, 6) is 1.01. The summed E-state index contributed by atoms with van der Waals surface area (Å²) in [4.78, 5) is 6.96. The maximum atomic E-state index is 13.6. The highest BCUT2D eigenvalue weighted by molar-refractivity contribution is 5.63. The lowest BCUT2D eigenvalue weighted by atomic mass is 9.94. The number of likely N-dealkylation sites (tertiary alicyclic amines) is 1. The molecule has 2 aromatic heterocycles. The molecule has 1 fully saturated rings. The molecule has 3 heterocycles. The van der Waals surface area contributed by atoms with Crippen LogP contribution in [-0.2, 0) is 0 Å². The van der Waals surface area contributed by atoms with Crippen LogP contribution in [0.4, 0.5) is 4.39 Å². The number of hydrogen-bond acceptors (Lipinski definition) is 5. The van der Waals surface area contributed by atoms with Gasteiger partial charge in [-0.05, 0) is 82.1 Å². The topological polar surface area (TPSA) is 51.9 Å². The van der Waals surface area contributed by atoms with Crippen molar-refractivity contribution in [3.63, 3.8) is 0 Å². The average Bonchev–Trinajstić information content (AvgIpc) is 3.21. The molecular formula is C28H31FN4O2. The first kappa shape index (κ1) is 23.3. The molecule has 7 heteroatoms. The zero-order valence-electron chi connectivity index (χ0n) is 20.6. The molecule has 1 aliphatic heterocycles. The van der Waals surface area contributed by atoms with Gasteiger partial charge < -0.3 is 9.47 Å². The number of imidazole rings is 1. The molecule has 0 radical (unpaired) electrons. The van der Waals surface area contributed by atoms with Crippen LogP contribution in [0.3, 0.4) is 0 Å². The first-order chi connectivity index (χ1) is 16.8.